The highest BCUT2D eigenvalue weighted by molar-refractivity contribution is 7.11. The van der Waals surface area contributed by atoms with Crippen LogP contribution < -0.4 is 14.4 Å². The molecule has 1 unspecified atom stereocenters. The maximum atomic E-state index is 13.1. The summed E-state index contributed by atoms with van der Waals surface area (Å²) in [6.07, 6.45) is 1.86. The van der Waals surface area contributed by atoms with Gasteiger partial charge in [-0.2, -0.15) is 0 Å². The van der Waals surface area contributed by atoms with Gasteiger partial charge in [-0.15, -0.1) is 11.3 Å². The van der Waals surface area contributed by atoms with E-state index in [0.717, 1.165) is 46.3 Å². The minimum Gasteiger partial charge on any atom is -0.494 e. The van der Waals surface area contributed by atoms with Crippen LogP contribution in [0.25, 0.3) is 11.3 Å². The number of unbranched alkanes of at least 4 members (excludes halogenated alkanes) is 1. The highest BCUT2D eigenvalue weighted by Gasteiger charge is 2.33. The van der Waals surface area contributed by atoms with E-state index in [1.54, 1.807) is 11.3 Å². The van der Waals surface area contributed by atoms with E-state index < -0.39 is 6.10 Å². The van der Waals surface area contributed by atoms with Gasteiger partial charge in [0.05, 0.1) is 23.0 Å². The van der Waals surface area contributed by atoms with Crippen molar-refractivity contribution in [2.45, 2.75) is 46.1 Å². The minimum atomic E-state index is -0.443. The van der Waals surface area contributed by atoms with Gasteiger partial charge in [-0.05, 0) is 75.6 Å². The summed E-state index contributed by atoms with van der Waals surface area (Å²) in [5.41, 5.74) is 2.80. The first kappa shape index (κ1) is 22.6. The number of anilines is 1. The van der Waals surface area contributed by atoms with Gasteiger partial charge in [-0.3, -0.25) is 4.79 Å². The third-order valence-electron chi connectivity index (χ3n) is 5.47. The molecule has 0 bridgehead atoms. The first-order valence-electron chi connectivity index (χ1n) is 10.9. The summed E-state index contributed by atoms with van der Waals surface area (Å²) in [5, 5.41) is 1.72. The molecule has 1 aliphatic heterocycles. The summed E-state index contributed by atoms with van der Waals surface area (Å²) in [4.78, 5) is 20.8. The number of nitrogens with zero attached hydrogens (tertiary/aromatic N) is 2. The molecule has 0 spiro atoms. The van der Waals surface area contributed by atoms with Crippen LogP contribution in [0.5, 0.6) is 11.5 Å². The number of amides is 1. The van der Waals surface area contributed by atoms with E-state index in [-0.39, 0.29) is 5.91 Å². The molecular formula is C25H27ClN2O3S. The number of carbonyl (C=O) groups excluding carboxylic acids is 1. The molecule has 0 saturated carbocycles. The molecule has 168 valence electrons. The Labute approximate surface area is 198 Å². The average molecular weight is 471 g/mol. The van der Waals surface area contributed by atoms with Crippen LogP contribution in [0, 0.1) is 13.8 Å². The number of thiazole rings is 1. The fraction of sp³-hybridized carbons (Fsp3) is 0.360. The van der Waals surface area contributed by atoms with Gasteiger partial charge >= 0.3 is 0 Å². The van der Waals surface area contributed by atoms with E-state index in [1.165, 1.54) is 4.88 Å². The van der Waals surface area contributed by atoms with Crippen LogP contribution in [0.3, 0.4) is 0 Å². The third kappa shape index (κ3) is 4.92. The lowest BCUT2D eigenvalue weighted by Crippen LogP contribution is -2.46. The molecule has 7 heteroatoms. The summed E-state index contributed by atoms with van der Waals surface area (Å²) >= 11 is 7.59. The van der Waals surface area contributed by atoms with Crippen molar-refractivity contribution < 1.29 is 14.3 Å². The quantitative estimate of drug-likeness (QED) is 0.355. The molecule has 1 aromatic heterocycles. The van der Waals surface area contributed by atoms with E-state index in [0.29, 0.717) is 24.6 Å². The van der Waals surface area contributed by atoms with Crippen LogP contribution in [-0.4, -0.2) is 30.1 Å². The van der Waals surface area contributed by atoms with Crippen LogP contribution in [0.4, 0.5) is 5.69 Å². The Morgan fingerprint density at radius 3 is 2.62 bits per heavy atom. The van der Waals surface area contributed by atoms with Crippen molar-refractivity contribution in [3.8, 4) is 22.8 Å². The number of benzene rings is 2. The van der Waals surface area contributed by atoms with E-state index in [9.17, 15) is 4.79 Å². The highest BCUT2D eigenvalue weighted by Crippen LogP contribution is 2.39. The van der Waals surface area contributed by atoms with Crippen molar-refractivity contribution >= 4 is 34.5 Å². The standard InChI is InChI=1S/C25H27ClN2O3S/c1-4-22-25(29)28(13-5-6-14-30-20-10-8-19(26)9-11-20)21-15-18(7-12-23(21)31-22)24-16(2)32-17(3)27-24/h7-12,15,22H,4-6,13-14H2,1-3H3. The predicted octanol–water partition coefficient (Wildman–Crippen LogP) is 6.44. The molecule has 5 nitrogen and oxygen atoms in total. The minimum absolute atomic E-state index is 0.0157. The number of aromatic nitrogens is 1. The number of halogens is 1. The number of hydrogen-bond acceptors (Lipinski definition) is 5. The number of rotatable bonds is 8. The Morgan fingerprint density at radius 2 is 1.94 bits per heavy atom. The molecule has 1 atom stereocenters. The smallest absolute Gasteiger partial charge is 0.268 e. The SMILES string of the molecule is CCC1Oc2ccc(-c3nc(C)sc3C)cc2N(CCCCOc2ccc(Cl)cc2)C1=O. The molecular weight excluding hydrogens is 444 g/mol. The summed E-state index contributed by atoms with van der Waals surface area (Å²) in [5.74, 6) is 1.57. The van der Waals surface area contributed by atoms with Gasteiger partial charge in [-0.1, -0.05) is 18.5 Å². The molecule has 32 heavy (non-hydrogen) atoms. The second-order valence-corrected chi connectivity index (χ2v) is 9.68. The van der Waals surface area contributed by atoms with Gasteiger partial charge in [-0.25, -0.2) is 4.98 Å². The summed E-state index contributed by atoms with van der Waals surface area (Å²) < 4.78 is 11.8. The van der Waals surface area contributed by atoms with E-state index >= 15 is 0 Å². The molecule has 0 aliphatic carbocycles. The van der Waals surface area contributed by atoms with Crippen LogP contribution in [0.1, 0.15) is 36.1 Å². The van der Waals surface area contributed by atoms with Gasteiger partial charge in [0.1, 0.15) is 11.5 Å². The number of carbonyl (C=O) groups is 1. The summed E-state index contributed by atoms with van der Waals surface area (Å²) in [6, 6.07) is 13.4. The number of ether oxygens (including phenoxy) is 2. The van der Waals surface area contributed by atoms with E-state index in [2.05, 4.69) is 11.9 Å². The maximum absolute atomic E-state index is 13.1. The molecule has 0 radical (unpaired) electrons. The molecule has 0 fully saturated rings. The zero-order chi connectivity index (χ0) is 22.7. The topological polar surface area (TPSA) is 51.7 Å². The zero-order valence-electron chi connectivity index (χ0n) is 18.6. The monoisotopic (exact) mass is 470 g/mol. The number of aryl methyl sites for hydroxylation is 2. The third-order valence-corrected chi connectivity index (χ3v) is 6.60. The first-order valence-corrected chi connectivity index (χ1v) is 12.1. The lowest BCUT2D eigenvalue weighted by molar-refractivity contribution is -0.126. The number of hydrogen-bond donors (Lipinski definition) is 0. The second-order valence-electron chi connectivity index (χ2n) is 7.83. The zero-order valence-corrected chi connectivity index (χ0v) is 20.1. The molecule has 0 saturated heterocycles. The Balaban J connectivity index is 1.47. The predicted molar refractivity (Wildman–Crippen MR) is 130 cm³/mol. The summed E-state index contributed by atoms with van der Waals surface area (Å²) in [6.45, 7) is 7.26. The first-order chi connectivity index (χ1) is 15.5. The van der Waals surface area contributed by atoms with Crippen molar-refractivity contribution in [1.82, 2.24) is 4.98 Å². The van der Waals surface area contributed by atoms with Crippen molar-refractivity contribution in [1.29, 1.82) is 0 Å². The van der Waals surface area contributed by atoms with Crippen LogP contribution >= 0.6 is 22.9 Å². The van der Waals surface area contributed by atoms with Gasteiger partial charge in [0, 0.05) is 22.0 Å². The molecule has 2 aromatic carbocycles. The lowest BCUT2D eigenvalue weighted by Gasteiger charge is -2.34. The average Bonchev–Trinajstić information content (AvgIpc) is 3.13. The van der Waals surface area contributed by atoms with Crippen LogP contribution in [0.15, 0.2) is 42.5 Å². The second kappa shape index (κ2) is 9.92. The Hall–Kier alpha value is -2.57. The maximum Gasteiger partial charge on any atom is 0.268 e. The Morgan fingerprint density at radius 1 is 1.16 bits per heavy atom. The normalized spacial score (nSPS) is 15.4. The van der Waals surface area contributed by atoms with Gasteiger partial charge in [0.2, 0.25) is 0 Å². The van der Waals surface area contributed by atoms with Gasteiger partial charge < -0.3 is 14.4 Å². The molecule has 2 heterocycles. The van der Waals surface area contributed by atoms with Gasteiger partial charge in [0.15, 0.2) is 6.10 Å². The van der Waals surface area contributed by atoms with Crippen LogP contribution in [-0.2, 0) is 4.79 Å². The molecule has 3 aromatic rings. The van der Waals surface area contributed by atoms with Crippen molar-refractivity contribution in [2.24, 2.45) is 0 Å². The molecule has 4 rings (SSSR count). The summed E-state index contributed by atoms with van der Waals surface area (Å²) in [7, 11) is 0. The van der Waals surface area contributed by atoms with E-state index in [4.69, 9.17) is 21.1 Å². The lowest BCUT2D eigenvalue weighted by atomic mass is 10.1. The van der Waals surface area contributed by atoms with Crippen LogP contribution in [0.2, 0.25) is 5.02 Å². The molecule has 0 N–H and O–H groups in total. The fourth-order valence-electron chi connectivity index (χ4n) is 3.85. The van der Waals surface area contributed by atoms with Crippen molar-refractivity contribution in [2.75, 3.05) is 18.1 Å². The fourth-order valence-corrected chi connectivity index (χ4v) is 4.82. The highest BCUT2D eigenvalue weighted by atomic mass is 35.5. The number of fused-ring (bicyclic) bond motifs is 1. The molecule has 1 aliphatic rings. The van der Waals surface area contributed by atoms with Crippen molar-refractivity contribution in [3.05, 3.63) is 57.4 Å². The van der Waals surface area contributed by atoms with E-state index in [1.807, 2.05) is 61.2 Å². The van der Waals surface area contributed by atoms with Gasteiger partial charge in [0.25, 0.3) is 5.91 Å². The Bertz CT molecular complexity index is 1100. The van der Waals surface area contributed by atoms with Crippen molar-refractivity contribution in [3.63, 3.8) is 0 Å². The molecule has 1 amide bonds. The largest absolute Gasteiger partial charge is 0.494 e. The Kier molecular flexibility index (Phi) is 7.01.